The van der Waals surface area contributed by atoms with Gasteiger partial charge in [0, 0.05) is 20.0 Å². The number of aliphatic hydroxyl groups is 16. The molecule has 558 valence electrons. The molecule has 43 nitrogen and oxygen atoms in total. The number of hydrogen-bond acceptors (Lipinski definition) is 40. The summed E-state index contributed by atoms with van der Waals surface area (Å²) in [5.74, 6) is -0.321. The average Bonchev–Trinajstić information content (AvgIpc) is 0.776. The van der Waals surface area contributed by atoms with E-state index in [1.54, 1.807) is 0 Å². The van der Waals surface area contributed by atoms with Crippen LogP contribution in [0, 0.1) is 0 Å². The monoisotopic (exact) mass is 1470 g/mol. The van der Waals surface area contributed by atoms with E-state index in [1.165, 1.54) is 0 Å². The topological polar surface area (TPSA) is 690 Å². The molecule has 1 saturated carbocycles. The molecule has 5 heterocycles. The van der Waals surface area contributed by atoms with E-state index in [0.717, 1.165) is 13.3 Å². The van der Waals surface area contributed by atoms with Crippen molar-refractivity contribution in [2.24, 2.45) is 17.2 Å². The van der Waals surface area contributed by atoms with Crippen molar-refractivity contribution in [1.82, 2.24) is 5.32 Å². The van der Waals surface area contributed by atoms with E-state index >= 15 is 0 Å². The van der Waals surface area contributed by atoms with Crippen LogP contribution in [0.3, 0.4) is 0 Å². The molecule has 0 bridgehead atoms. The van der Waals surface area contributed by atoms with Gasteiger partial charge in [-0.1, -0.05) is 12.8 Å². The maximum atomic E-state index is 13.7. The second-order valence-corrected chi connectivity index (χ2v) is 27.4. The number of phosphoric acid groups is 3. The Labute approximate surface area is 546 Å². The minimum absolute atomic E-state index is 0.234. The summed E-state index contributed by atoms with van der Waals surface area (Å²) in [6.07, 6.45) is -61.1. The zero-order chi connectivity index (χ0) is 70.6. The predicted octanol–water partition coefficient (Wildman–Crippen LogP) is -11.8. The molecule has 34 atom stereocenters. The third kappa shape index (κ3) is 21.6. The van der Waals surface area contributed by atoms with E-state index < -0.39 is 272 Å². The first-order chi connectivity index (χ1) is 44.7. The van der Waals surface area contributed by atoms with Gasteiger partial charge in [-0.25, -0.2) is 13.7 Å². The van der Waals surface area contributed by atoms with Gasteiger partial charge < -0.3 is 166 Å². The van der Waals surface area contributed by atoms with Crippen LogP contribution in [0.25, 0.3) is 0 Å². The van der Waals surface area contributed by atoms with Crippen molar-refractivity contribution < 1.29 is 189 Å². The van der Waals surface area contributed by atoms with Gasteiger partial charge in [0.25, 0.3) is 0 Å². The zero-order valence-electron chi connectivity index (χ0n) is 50.7. The molecule has 5 aliphatic heterocycles. The smallest absolute Gasteiger partial charge is 0.394 e. The lowest BCUT2D eigenvalue weighted by Gasteiger charge is -2.50. The third-order valence-electron chi connectivity index (χ3n) is 15.9. The van der Waals surface area contributed by atoms with Crippen molar-refractivity contribution in [3.63, 3.8) is 0 Å². The first kappa shape index (κ1) is 82.9. The number of rotatable bonds is 35. The van der Waals surface area contributed by atoms with Crippen LogP contribution in [0.5, 0.6) is 0 Å². The van der Waals surface area contributed by atoms with E-state index in [4.69, 9.17) is 87.2 Å². The van der Waals surface area contributed by atoms with Crippen LogP contribution in [0.15, 0.2) is 0 Å². The van der Waals surface area contributed by atoms with Gasteiger partial charge in [0.1, 0.15) is 153 Å². The van der Waals surface area contributed by atoms with Gasteiger partial charge in [0.15, 0.2) is 31.5 Å². The van der Waals surface area contributed by atoms with Gasteiger partial charge in [-0.2, -0.15) is 12.6 Å². The number of thiol groups is 1. The molecule has 0 radical (unpaired) electrons. The molecular weight excluding hydrogens is 1380 g/mol. The van der Waals surface area contributed by atoms with Gasteiger partial charge >= 0.3 is 23.5 Å². The summed E-state index contributed by atoms with van der Waals surface area (Å²) >= 11 is 4.12. The Morgan fingerprint density at radius 1 is 0.432 bits per heavy atom. The molecule has 0 aromatic heterocycles. The molecule has 1 amide bonds. The van der Waals surface area contributed by atoms with Gasteiger partial charge in [-0.3, -0.25) is 31.9 Å². The Balaban J connectivity index is 1.36. The first-order valence-electron chi connectivity index (χ1n) is 29.9. The van der Waals surface area contributed by atoms with Gasteiger partial charge in [0.2, 0.25) is 5.91 Å². The van der Waals surface area contributed by atoms with Crippen molar-refractivity contribution in [1.29, 1.82) is 0 Å². The van der Waals surface area contributed by atoms with Crippen molar-refractivity contribution in [2.45, 2.75) is 223 Å². The number of carbonyl (C=O) groups is 1. The summed E-state index contributed by atoms with van der Waals surface area (Å²) in [6, 6.07) is -3.86. The Hall–Kier alpha value is -1.01. The molecule has 0 spiro atoms. The summed E-state index contributed by atoms with van der Waals surface area (Å²) in [5.41, 5.74) is 17.3. The lowest BCUT2D eigenvalue weighted by atomic mass is 9.84. The predicted molar refractivity (Wildman–Crippen MR) is 307 cm³/mol. The van der Waals surface area contributed by atoms with E-state index in [1.807, 2.05) is 0 Å². The van der Waals surface area contributed by atoms with Crippen LogP contribution in [0.1, 0.15) is 32.6 Å². The number of ether oxygens (including phenoxy) is 10. The lowest BCUT2D eigenvalue weighted by molar-refractivity contribution is -0.384. The van der Waals surface area contributed by atoms with E-state index in [-0.39, 0.29) is 19.6 Å². The van der Waals surface area contributed by atoms with Crippen molar-refractivity contribution in [3.8, 4) is 0 Å². The summed E-state index contributed by atoms with van der Waals surface area (Å²) in [4.78, 5) is 44.4. The Bertz CT molecular complexity index is 2470. The molecule has 0 aromatic carbocycles. The number of nitrogens with one attached hydrogen (secondary N) is 1. The number of hydrogen-bond donors (Lipinski definition) is 24. The van der Waals surface area contributed by atoms with Gasteiger partial charge in [-0.05, 0) is 18.6 Å². The van der Waals surface area contributed by atoms with E-state index in [2.05, 4.69) is 22.5 Å². The van der Waals surface area contributed by atoms with E-state index in [9.17, 15) is 115 Å². The maximum absolute atomic E-state index is 13.7. The standard InChI is InChI=1S/C48H91N4O39P3S/c1-17(56)52-24-29(61)25(57)18(12-53)81-45(24)86-39-22(15-76-47-42(33(65)26(58)19(13-54)82-47)89-46-36(68)30(62)27(59)21(84-46)16-80-92(70,71)78-9-6-49)85-48(43(37(39)69)91-94(74,75)79-10-7-50)87-38-20(14-55)83-44(23(51)28(38)60)88-40-34(66)31(63)32(64)35(67)41(40)90-93(72,73)77-8-4-2-3-5-11-95/h18-48,53-55,57-69,95H,2-16,49-51H2,1H3,(H,52,56)(H,70,71)(H,72,73)(H,74,75)/t18?,19?,20?,21?,22?,23?,24?,25-,26+,27+,28+,29+,30-,31?,32+,33-,34?,35?,36?,37-,38+,39+,40+,41+,42?,43?,44+,45-,46+,47-,48+/m0/s1. The summed E-state index contributed by atoms with van der Waals surface area (Å²) in [6.45, 7) is -6.88. The Morgan fingerprint density at radius 2 is 0.884 bits per heavy atom. The minimum Gasteiger partial charge on any atom is -0.394 e. The normalized spacial score (nSPS) is 43.9. The molecule has 6 rings (SSSR count). The maximum Gasteiger partial charge on any atom is 0.472 e. The molecule has 95 heavy (non-hydrogen) atoms. The largest absolute Gasteiger partial charge is 0.472 e. The minimum atomic E-state index is -5.55. The van der Waals surface area contributed by atoms with Crippen LogP contribution in [0.4, 0.5) is 0 Å². The molecule has 1 aliphatic carbocycles. The SMILES string of the molecule is CC(=O)NC1[C@H](O[C@@H]2C(CO[C@H]3OC(CO)[C@@H](O)[C@H](O)C3O[C@H]3OC(COP(=O)(O)OCCN)[C@@H](O)[C@H](O)C3O)O[C@H](O[C@@H]3C(CO)O[C@H](O[C@@H]4C(O)C(O)[C@@H](O)C(O)[C@H]4OP(=O)(O)OCCCCCCS)C(N)[C@H]3O)C(OP(=O)(O)OCCN)[C@H]2O)OC(CO)[C@H](O)[C@@H]1O. The number of unbranched alkanes of at least 4 members (excludes halogenated alkanes) is 3. The first-order valence-corrected chi connectivity index (χ1v) is 35.0. The van der Waals surface area contributed by atoms with Crippen molar-refractivity contribution in [3.05, 3.63) is 0 Å². The highest BCUT2D eigenvalue weighted by Gasteiger charge is 2.60. The second kappa shape index (κ2) is 37.4. The summed E-state index contributed by atoms with van der Waals surface area (Å²) in [7, 11) is -15.7. The number of nitrogens with two attached hydrogens (primary N) is 3. The molecule has 47 heteroatoms. The number of aliphatic hydroxyl groups excluding tert-OH is 16. The van der Waals surface area contributed by atoms with Crippen LogP contribution in [-0.4, -0.2) is 364 Å². The highest BCUT2D eigenvalue weighted by molar-refractivity contribution is 7.80. The van der Waals surface area contributed by atoms with Crippen LogP contribution in [-0.2, 0) is 93.0 Å². The summed E-state index contributed by atoms with van der Waals surface area (Å²) < 4.78 is 129. The molecular formula is C48H91N4O39P3S. The highest BCUT2D eigenvalue weighted by Crippen LogP contribution is 2.50. The van der Waals surface area contributed by atoms with Crippen molar-refractivity contribution >= 4 is 42.0 Å². The number of phosphoric ester groups is 3. The molecule has 26 N–H and O–H groups in total. The average molecular weight is 1470 g/mol. The second-order valence-electron chi connectivity index (χ2n) is 22.7. The Kier molecular flexibility index (Phi) is 32.7. The van der Waals surface area contributed by atoms with Crippen LogP contribution >= 0.6 is 36.1 Å². The fourth-order valence-corrected chi connectivity index (χ4v) is 13.7. The fourth-order valence-electron chi connectivity index (χ4n) is 10.8. The molecule has 0 aromatic rings. The zero-order valence-corrected chi connectivity index (χ0v) is 54.3. The molecule has 5 saturated heterocycles. The van der Waals surface area contributed by atoms with E-state index in [0.29, 0.717) is 18.6 Å². The molecule has 6 fully saturated rings. The van der Waals surface area contributed by atoms with Crippen molar-refractivity contribution in [2.75, 3.05) is 71.7 Å². The molecule has 16 unspecified atom stereocenters. The highest BCUT2D eigenvalue weighted by atomic mass is 32.1. The lowest BCUT2D eigenvalue weighted by Crippen LogP contribution is -2.70. The number of carbonyl (C=O) groups excluding carboxylic acids is 1. The molecule has 6 aliphatic rings. The van der Waals surface area contributed by atoms with Crippen LogP contribution < -0.4 is 22.5 Å². The Morgan fingerprint density at radius 3 is 1.47 bits per heavy atom. The summed E-state index contributed by atoms with van der Waals surface area (Å²) in [5, 5.41) is 179. The van der Waals surface area contributed by atoms with Gasteiger partial charge in [-0.15, -0.1) is 0 Å². The quantitative estimate of drug-likeness (QED) is 0.0159. The number of amides is 1. The third-order valence-corrected chi connectivity index (χ3v) is 19.2. The fraction of sp³-hybridized carbons (Fsp3) is 0.979. The van der Waals surface area contributed by atoms with Gasteiger partial charge in [0.05, 0.1) is 58.9 Å². The van der Waals surface area contributed by atoms with Crippen LogP contribution in [0.2, 0.25) is 0 Å².